The van der Waals surface area contributed by atoms with Crippen molar-refractivity contribution < 1.29 is 9.72 Å². The minimum atomic E-state index is -0.763. The Hall–Kier alpha value is -1.13. The normalized spacial score (nSPS) is 9.86. The molecule has 14 heavy (non-hydrogen) atoms. The lowest BCUT2D eigenvalue weighted by molar-refractivity contribution is -0.465. The van der Waals surface area contributed by atoms with Crippen molar-refractivity contribution in [2.24, 2.45) is 0 Å². The summed E-state index contributed by atoms with van der Waals surface area (Å²) in [6.07, 6.45) is 0. The van der Waals surface area contributed by atoms with Crippen LogP contribution >= 0.6 is 23.2 Å². The first kappa shape index (κ1) is 10.9. The summed E-state index contributed by atoms with van der Waals surface area (Å²) in [5, 5.41) is 10.6. The van der Waals surface area contributed by atoms with E-state index in [1.807, 2.05) is 0 Å². The largest absolute Gasteiger partial charge is 0.287 e. The number of benzene rings is 1. The molecule has 0 bridgehead atoms. The summed E-state index contributed by atoms with van der Waals surface area (Å²) in [5.41, 5.74) is 0.118. The van der Waals surface area contributed by atoms with Gasteiger partial charge in [-0.15, -0.1) is 0 Å². The molecule has 0 aliphatic rings. The highest BCUT2D eigenvalue weighted by Crippen LogP contribution is 2.21. The standard InChI is InChI=1S/C8H5Cl2NO3/c9-5-1-2-6(7(10)3-5)8(12)4-11(13)14/h1-3H,4H2. The molecule has 1 aromatic carbocycles. The van der Waals surface area contributed by atoms with Crippen molar-refractivity contribution in [1.82, 2.24) is 0 Å². The fourth-order valence-corrected chi connectivity index (χ4v) is 1.43. The van der Waals surface area contributed by atoms with Crippen LogP contribution in [0.5, 0.6) is 0 Å². The Morgan fingerprint density at radius 3 is 2.57 bits per heavy atom. The number of carbonyl (C=O) groups is 1. The third-order valence-corrected chi connectivity index (χ3v) is 2.05. The van der Waals surface area contributed by atoms with Gasteiger partial charge in [-0.1, -0.05) is 23.2 Å². The van der Waals surface area contributed by atoms with E-state index in [4.69, 9.17) is 23.2 Å². The quantitative estimate of drug-likeness (QED) is 0.458. The molecule has 1 aromatic rings. The Morgan fingerprint density at radius 2 is 2.07 bits per heavy atom. The summed E-state index contributed by atoms with van der Waals surface area (Å²) in [6, 6.07) is 4.20. The molecule has 6 heteroatoms. The number of carbonyl (C=O) groups excluding carboxylic acids is 1. The van der Waals surface area contributed by atoms with E-state index in [1.165, 1.54) is 18.2 Å². The summed E-state index contributed by atoms with van der Waals surface area (Å²) in [4.78, 5) is 20.6. The molecule has 0 unspecified atom stereocenters. The van der Waals surface area contributed by atoms with Gasteiger partial charge in [-0.25, -0.2) is 0 Å². The van der Waals surface area contributed by atoms with E-state index < -0.39 is 17.3 Å². The number of rotatable bonds is 3. The van der Waals surface area contributed by atoms with E-state index in [9.17, 15) is 14.9 Å². The SMILES string of the molecule is O=C(C[N+](=O)[O-])c1ccc(Cl)cc1Cl. The Balaban J connectivity index is 2.96. The highest BCUT2D eigenvalue weighted by Gasteiger charge is 2.15. The molecule has 74 valence electrons. The van der Waals surface area contributed by atoms with Crippen molar-refractivity contribution in [3.63, 3.8) is 0 Å². The number of Topliss-reactive ketones (excluding diaryl/α,β-unsaturated/α-hetero) is 1. The maximum atomic E-state index is 11.2. The van der Waals surface area contributed by atoms with Crippen molar-refractivity contribution >= 4 is 29.0 Å². The first-order valence-corrected chi connectivity index (χ1v) is 4.36. The van der Waals surface area contributed by atoms with Crippen molar-refractivity contribution in [2.75, 3.05) is 6.54 Å². The van der Waals surface area contributed by atoms with Crippen LogP contribution in [0.2, 0.25) is 10.0 Å². The predicted octanol–water partition coefficient (Wildman–Crippen LogP) is 2.45. The molecule has 0 amide bonds. The highest BCUT2D eigenvalue weighted by molar-refractivity contribution is 6.36. The van der Waals surface area contributed by atoms with E-state index in [-0.39, 0.29) is 10.6 Å². The van der Waals surface area contributed by atoms with E-state index in [0.29, 0.717) is 5.02 Å². The molecule has 0 spiro atoms. The van der Waals surface area contributed by atoms with Gasteiger partial charge in [0, 0.05) is 15.5 Å². The zero-order chi connectivity index (χ0) is 10.7. The third kappa shape index (κ3) is 2.68. The van der Waals surface area contributed by atoms with Crippen LogP contribution < -0.4 is 0 Å². The van der Waals surface area contributed by atoms with Crippen LogP contribution in [-0.4, -0.2) is 17.3 Å². The first-order chi connectivity index (χ1) is 6.50. The monoisotopic (exact) mass is 233 g/mol. The molecule has 0 radical (unpaired) electrons. The van der Waals surface area contributed by atoms with Crippen LogP contribution in [0.1, 0.15) is 10.4 Å². The molecule has 4 nitrogen and oxygen atoms in total. The van der Waals surface area contributed by atoms with Crippen LogP contribution in [-0.2, 0) is 0 Å². The predicted molar refractivity (Wildman–Crippen MR) is 52.7 cm³/mol. The Bertz CT molecular complexity index is 392. The van der Waals surface area contributed by atoms with Gasteiger partial charge < -0.3 is 0 Å². The van der Waals surface area contributed by atoms with Crippen LogP contribution in [0, 0.1) is 10.1 Å². The van der Waals surface area contributed by atoms with Gasteiger partial charge in [0.05, 0.1) is 5.02 Å². The van der Waals surface area contributed by atoms with Gasteiger partial charge in [-0.2, -0.15) is 0 Å². The van der Waals surface area contributed by atoms with Gasteiger partial charge in [0.15, 0.2) is 0 Å². The van der Waals surface area contributed by atoms with Gasteiger partial charge in [0.1, 0.15) is 0 Å². The lowest BCUT2D eigenvalue weighted by Crippen LogP contribution is -2.14. The number of nitrogens with zero attached hydrogens (tertiary/aromatic N) is 1. The molecule has 0 aliphatic heterocycles. The number of nitro groups is 1. The Morgan fingerprint density at radius 1 is 1.43 bits per heavy atom. The summed E-state index contributed by atoms with van der Waals surface area (Å²) in [7, 11) is 0. The zero-order valence-electron chi connectivity index (χ0n) is 6.87. The Labute approximate surface area is 89.6 Å². The average molecular weight is 234 g/mol. The van der Waals surface area contributed by atoms with Crippen LogP contribution in [0.3, 0.4) is 0 Å². The molecule has 0 fully saturated rings. The Kier molecular flexibility index (Phi) is 3.43. The van der Waals surface area contributed by atoms with Gasteiger partial charge in [0.2, 0.25) is 5.78 Å². The molecule has 0 aromatic heterocycles. The minimum absolute atomic E-state index is 0.118. The molecular weight excluding hydrogens is 229 g/mol. The van der Waals surface area contributed by atoms with Gasteiger partial charge >= 0.3 is 0 Å². The first-order valence-electron chi connectivity index (χ1n) is 3.61. The van der Waals surface area contributed by atoms with Crippen molar-refractivity contribution in [1.29, 1.82) is 0 Å². The molecule has 1 rings (SSSR count). The highest BCUT2D eigenvalue weighted by atomic mass is 35.5. The van der Waals surface area contributed by atoms with E-state index in [2.05, 4.69) is 0 Å². The molecule has 0 saturated heterocycles. The molecular formula is C8H5Cl2NO3. The number of hydrogen-bond donors (Lipinski definition) is 0. The lowest BCUT2D eigenvalue weighted by Gasteiger charge is -1.99. The number of ketones is 1. The zero-order valence-corrected chi connectivity index (χ0v) is 8.38. The molecule has 0 atom stereocenters. The summed E-state index contributed by atoms with van der Waals surface area (Å²) in [6.45, 7) is -0.763. The van der Waals surface area contributed by atoms with Crippen LogP contribution in [0.4, 0.5) is 0 Å². The van der Waals surface area contributed by atoms with Gasteiger partial charge in [-0.05, 0) is 18.2 Å². The average Bonchev–Trinajstić information content (AvgIpc) is 2.01. The smallest absolute Gasteiger partial charge is 0.265 e. The topological polar surface area (TPSA) is 60.2 Å². The summed E-state index contributed by atoms with van der Waals surface area (Å²) in [5.74, 6) is -0.628. The van der Waals surface area contributed by atoms with Gasteiger partial charge in [0.25, 0.3) is 6.54 Å². The summed E-state index contributed by atoms with van der Waals surface area (Å²) < 4.78 is 0. The molecule has 0 heterocycles. The second-order valence-electron chi connectivity index (χ2n) is 2.54. The van der Waals surface area contributed by atoms with Crippen LogP contribution in [0.25, 0.3) is 0 Å². The van der Waals surface area contributed by atoms with Crippen molar-refractivity contribution in [3.05, 3.63) is 43.9 Å². The van der Waals surface area contributed by atoms with Gasteiger partial charge in [-0.3, -0.25) is 14.9 Å². The third-order valence-electron chi connectivity index (χ3n) is 1.50. The number of halogens is 2. The fraction of sp³-hybridized carbons (Fsp3) is 0.125. The number of hydrogen-bond acceptors (Lipinski definition) is 3. The minimum Gasteiger partial charge on any atom is -0.287 e. The maximum absolute atomic E-state index is 11.2. The molecule has 0 saturated carbocycles. The van der Waals surface area contributed by atoms with E-state index in [1.54, 1.807) is 0 Å². The molecule has 0 N–H and O–H groups in total. The van der Waals surface area contributed by atoms with Crippen LogP contribution in [0.15, 0.2) is 18.2 Å². The van der Waals surface area contributed by atoms with E-state index in [0.717, 1.165) is 0 Å². The van der Waals surface area contributed by atoms with E-state index >= 15 is 0 Å². The second-order valence-corrected chi connectivity index (χ2v) is 3.38. The summed E-state index contributed by atoms with van der Waals surface area (Å²) >= 11 is 11.3. The lowest BCUT2D eigenvalue weighted by atomic mass is 10.1. The fourth-order valence-electron chi connectivity index (χ4n) is 0.918. The van der Waals surface area contributed by atoms with Crippen molar-refractivity contribution in [3.8, 4) is 0 Å². The second kappa shape index (κ2) is 4.39. The van der Waals surface area contributed by atoms with Crippen molar-refractivity contribution in [2.45, 2.75) is 0 Å². The maximum Gasteiger partial charge on any atom is 0.265 e. The molecule has 0 aliphatic carbocycles.